The van der Waals surface area contributed by atoms with Crippen molar-refractivity contribution in [2.45, 2.75) is 0 Å². The molecule has 0 aliphatic rings. The van der Waals surface area contributed by atoms with Gasteiger partial charge in [0, 0.05) is 18.4 Å². The second-order valence-electron chi connectivity index (χ2n) is 4.07. The van der Waals surface area contributed by atoms with E-state index >= 15 is 0 Å². The first-order valence-corrected chi connectivity index (χ1v) is 5.84. The predicted octanol–water partition coefficient (Wildman–Crippen LogP) is 3.80. The van der Waals surface area contributed by atoms with Gasteiger partial charge in [0.15, 0.2) is 0 Å². The first-order valence-electron chi connectivity index (χ1n) is 5.84. The first-order chi connectivity index (χ1) is 8.72. The van der Waals surface area contributed by atoms with Crippen LogP contribution in [-0.2, 0) is 0 Å². The van der Waals surface area contributed by atoms with Gasteiger partial charge in [0.2, 0.25) is 0 Å². The Labute approximate surface area is 108 Å². The summed E-state index contributed by atoms with van der Waals surface area (Å²) >= 11 is 0. The lowest BCUT2D eigenvalue weighted by Gasteiger charge is -2.22. The van der Waals surface area contributed by atoms with E-state index in [4.69, 9.17) is 4.74 Å². The number of hydrogen-bond donors (Lipinski definition) is 0. The van der Waals surface area contributed by atoms with Crippen molar-refractivity contribution in [2.24, 2.45) is 0 Å². The normalized spacial score (nSPS) is 9.89. The van der Waals surface area contributed by atoms with Crippen molar-refractivity contribution in [1.29, 1.82) is 0 Å². The molecule has 0 heterocycles. The number of nitrogens with zero attached hydrogens (tertiary/aromatic N) is 1. The maximum Gasteiger partial charge on any atom is 0.119 e. The molecule has 0 aromatic heterocycles. The van der Waals surface area contributed by atoms with Crippen LogP contribution < -0.4 is 9.64 Å². The second-order valence-corrected chi connectivity index (χ2v) is 4.07. The number of benzene rings is 2. The summed E-state index contributed by atoms with van der Waals surface area (Å²) in [4.78, 5) is 2.06. The van der Waals surface area contributed by atoms with Crippen LogP contribution in [0, 0.1) is 0 Å². The molecule has 92 valence electrons. The van der Waals surface area contributed by atoms with Crippen molar-refractivity contribution in [3.63, 3.8) is 0 Å². The van der Waals surface area contributed by atoms with Crippen LogP contribution in [0.1, 0.15) is 5.56 Å². The molecule has 0 unspecified atom stereocenters. The fourth-order valence-electron chi connectivity index (χ4n) is 1.79. The van der Waals surface area contributed by atoms with Gasteiger partial charge in [0.1, 0.15) is 5.75 Å². The zero-order chi connectivity index (χ0) is 13.0. The molecule has 0 bridgehead atoms. The van der Waals surface area contributed by atoms with Crippen LogP contribution in [-0.4, -0.2) is 14.2 Å². The topological polar surface area (TPSA) is 12.5 Å². The van der Waals surface area contributed by atoms with Crippen LogP contribution in [0.4, 0.5) is 5.69 Å². The number of anilines is 1. The van der Waals surface area contributed by atoms with E-state index in [-0.39, 0.29) is 0 Å². The maximum absolute atomic E-state index is 5.15. The highest BCUT2D eigenvalue weighted by Gasteiger charge is 2.06. The summed E-state index contributed by atoms with van der Waals surface area (Å²) in [5.74, 6) is 0.859. The average Bonchev–Trinajstić information content (AvgIpc) is 2.47. The molecule has 2 rings (SSSR count). The quantitative estimate of drug-likeness (QED) is 0.804. The lowest BCUT2D eigenvalue weighted by atomic mass is 10.1. The molecule has 0 atom stereocenters. The molecule has 18 heavy (non-hydrogen) atoms. The molecule has 2 aromatic carbocycles. The Morgan fingerprint density at radius 1 is 1.00 bits per heavy atom. The molecule has 2 heteroatoms. The van der Waals surface area contributed by atoms with E-state index in [0.717, 1.165) is 22.7 Å². The van der Waals surface area contributed by atoms with E-state index in [1.807, 2.05) is 49.5 Å². The Balaban J connectivity index is 2.20. The van der Waals surface area contributed by atoms with Crippen molar-refractivity contribution in [3.8, 4) is 5.75 Å². The van der Waals surface area contributed by atoms with Crippen LogP contribution in [0.15, 0.2) is 61.2 Å². The molecule has 0 aliphatic carbocycles. The Morgan fingerprint density at radius 2 is 1.61 bits per heavy atom. The van der Waals surface area contributed by atoms with E-state index in [1.165, 1.54) is 0 Å². The molecule has 0 N–H and O–H groups in total. The largest absolute Gasteiger partial charge is 0.497 e. The fraction of sp³-hybridized carbons (Fsp3) is 0.125. The van der Waals surface area contributed by atoms with E-state index in [9.17, 15) is 0 Å². The van der Waals surface area contributed by atoms with Crippen LogP contribution >= 0.6 is 0 Å². The van der Waals surface area contributed by atoms with Crippen molar-refractivity contribution < 1.29 is 4.74 Å². The molecule has 0 amide bonds. The molecule has 2 nitrogen and oxygen atoms in total. The summed E-state index contributed by atoms with van der Waals surface area (Å²) in [7, 11) is 3.68. The Kier molecular flexibility index (Phi) is 3.68. The Hall–Kier alpha value is -2.22. The smallest absolute Gasteiger partial charge is 0.119 e. The van der Waals surface area contributed by atoms with Gasteiger partial charge in [-0.3, -0.25) is 0 Å². The molecule has 0 aliphatic heterocycles. The number of rotatable bonds is 4. The Bertz CT molecular complexity index is 517. The molecular weight excluding hydrogens is 222 g/mol. The monoisotopic (exact) mass is 239 g/mol. The molecule has 0 fully saturated rings. The maximum atomic E-state index is 5.15. The summed E-state index contributed by atoms with van der Waals surface area (Å²) < 4.78 is 5.15. The Morgan fingerprint density at radius 3 is 2.17 bits per heavy atom. The molecule has 0 saturated carbocycles. The summed E-state index contributed by atoms with van der Waals surface area (Å²) in [6, 6.07) is 18.1. The molecule has 0 radical (unpaired) electrons. The second kappa shape index (κ2) is 5.41. The summed E-state index contributed by atoms with van der Waals surface area (Å²) in [6.07, 6.45) is 0. The van der Waals surface area contributed by atoms with E-state index in [0.29, 0.717) is 0 Å². The molecule has 2 aromatic rings. The van der Waals surface area contributed by atoms with E-state index in [1.54, 1.807) is 7.11 Å². The van der Waals surface area contributed by atoms with Crippen molar-refractivity contribution in [1.82, 2.24) is 0 Å². The predicted molar refractivity (Wildman–Crippen MR) is 76.9 cm³/mol. The minimum Gasteiger partial charge on any atom is -0.497 e. The van der Waals surface area contributed by atoms with E-state index < -0.39 is 0 Å². The third-order valence-electron chi connectivity index (χ3n) is 2.97. The average molecular weight is 239 g/mol. The lowest BCUT2D eigenvalue weighted by Crippen LogP contribution is -2.14. The summed E-state index contributed by atoms with van der Waals surface area (Å²) in [6.45, 7) is 4.14. The minimum absolute atomic E-state index is 0.859. The molecule has 0 spiro atoms. The highest BCUT2D eigenvalue weighted by atomic mass is 16.5. The minimum atomic E-state index is 0.859. The lowest BCUT2D eigenvalue weighted by molar-refractivity contribution is 0.415. The van der Waals surface area contributed by atoms with Crippen molar-refractivity contribution >= 4 is 11.4 Å². The summed E-state index contributed by atoms with van der Waals surface area (Å²) in [5, 5.41) is 0. The van der Waals surface area contributed by atoms with Gasteiger partial charge in [-0.25, -0.2) is 0 Å². The standard InChI is InChI=1S/C16H17NO/c1-13(14-7-5-4-6-8-14)17(2)15-9-11-16(18-3)12-10-15/h4-12H,1H2,2-3H3. The third-order valence-corrected chi connectivity index (χ3v) is 2.97. The number of hydrogen-bond acceptors (Lipinski definition) is 2. The molecule has 0 saturated heterocycles. The highest BCUT2D eigenvalue weighted by Crippen LogP contribution is 2.24. The van der Waals surface area contributed by atoms with Crippen LogP contribution in [0.3, 0.4) is 0 Å². The van der Waals surface area contributed by atoms with Crippen molar-refractivity contribution in [2.75, 3.05) is 19.1 Å². The first kappa shape index (κ1) is 12.2. The molecular formula is C16H17NO. The van der Waals surface area contributed by atoms with Crippen molar-refractivity contribution in [3.05, 3.63) is 66.7 Å². The highest BCUT2D eigenvalue weighted by molar-refractivity contribution is 5.77. The number of methoxy groups -OCH3 is 1. The van der Waals surface area contributed by atoms with Gasteiger partial charge in [-0.1, -0.05) is 36.9 Å². The van der Waals surface area contributed by atoms with Crippen LogP contribution in [0.2, 0.25) is 0 Å². The fourth-order valence-corrected chi connectivity index (χ4v) is 1.79. The zero-order valence-electron chi connectivity index (χ0n) is 10.8. The van der Waals surface area contributed by atoms with Gasteiger partial charge in [0.25, 0.3) is 0 Å². The van der Waals surface area contributed by atoms with E-state index in [2.05, 4.69) is 23.6 Å². The van der Waals surface area contributed by atoms with Gasteiger partial charge in [0.05, 0.1) is 7.11 Å². The van der Waals surface area contributed by atoms with Gasteiger partial charge in [-0.05, 0) is 29.8 Å². The van der Waals surface area contributed by atoms with Gasteiger partial charge in [-0.2, -0.15) is 0 Å². The number of ether oxygens (including phenoxy) is 1. The van der Waals surface area contributed by atoms with Gasteiger partial charge >= 0.3 is 0 Å². The van der Waals surface area contributed by atoms with Crippen LogP contribution in [0.25, 0.3) is 5.70 Å². The zero-order valence-corrected chi connectivity index (χ0v) is 10.8. The summed E-state index contributed by atoms with van der Waals surface area (Å²) in [5.41, 5.74) is 3.18. The van der Waals surface area contributed by atoms with Gasteiger partial charge in [-0.15, -0.1) is 0 Å². The third kappa shape index (κ3) is 2.54. The van der Waals surface area contributed by atoms with Crippen LogP contribution in [0.5, 0.6) is 5.75 Å². The SMILES string of the molecule is C=C(c1ccccc1)N(C)c1ccc(OC)cc1. The van der Waals surface area contributed by atoms with Gasteiger partial charge < -0.3 is 9.64 Å².